The fourth-order valence-electron chi connectivity index (χ4n) is 2.23. The molecule has 1 aliphatic carbocycles. The Bertz CT molecular complexity index is 653. The van der Waals surface area contributed by atoms with Crippen molar-refractivity contribution in [2.75, 3.05) is 23.9 Å². The molecule has 1 saturated carbocycles. The minimum absolute atomic E-state index is 0.0823. The van der Waals surface area contributed by atoms with Crippen molar-refractivity contribution in [2.45, 2.75) is 32.2 Å². The lowest BCUT2D eigenvalue weighted by Crippen LogP contribution is -2.31. The van der Waals surface area contributed by atoms with Crippen LogP contribution >= 0.6 is 11.6 Å². The van der Waals surface area contributed by atoms with Gasteiger partial charge in [-0.25, -0.2) is 13.1 Å². The van der Waals surface area contributed by atoms with Crippen LogP contribution in [0.4, 0.5) is 5.69 Å². The highest BCUT2D eigenvalue weighted by molar-refractivity contribution is 7.90. The van der Waals surface area contributed by atoms with Crippen molar-refractivity contribution in [1.82, 2.24) is 9.78 Å². The normalized spacial score (nSPS) is 15.7. The molecule has 0 amide bonds. The highest BCUT2D eigenvalue weighted by atomic mass is 35.5. The molecular weight excluding hydrogens is 314 g/mol. The van der Waals surface area contributed by atoms with Crippen molar-refractivity contribution >= 4 is 27.1 Å². The second kappa shape index (κ2) is 6.79. The monoisotopic (exact) mass is 333 g/mol. The van der Waals surface area contributed by atoms with Crippen molar-refractivity contribution in [3.8, 4) is 0 Å². The molecule has 1 heterocycles. The molecule has 1 aromatic heterocycles. The molecule has 8 heteroatoms. The van der Waals surface area contributed by atoms with Crippen molar-refractivity contribution in [3.63, 3.8) is 0 Å². The molecule has 1 N–H and O–H groups in total. The van der Waals surface area contributed by atoms with Gasteiger partial charge in [0, 0.05) is 19.3 Å². The third-order valence-corrected chi connectivity index (χ3v) is 4.96. The molecule has 0 saturated heterocycles. The first-order valence-corrected chi connectivity index (χ1v) is 9.48. The van der Waals surface area contributed by atoms with Gasteiger partial charge in [-0.15, -0.1) is 0 Å². The molecule has 0 radical (unpaired) electrons. The van der Waals surface area contributed by atoms with Crippen molar-refractivity contribution in [1.29, 1.82) is 0 Å². The number of hydrogen-bond acceptors (Lipinski definition) is 5. The van der Waals surface area contributed by atoms with Crippen molar-refractivity contribution in [2.24, 2.45) is 5.92 Å². The average Bonchev–Trinajstić information content (AvgIpc) is 2.33. The molecule has 0 spiro atoms. The number of hydrogen-bond donors (Lipinski definition) is 1. The zero-order valence-corrected chi connectivity index (χ0v) is 13.6. The van der Waals surface area contributed by atoms with E-state index in [1.807, 2.05) is 0 Å². The SMILES string of the molecule is CS(=O)(=O)CCCNc1c(Cl)cnn(CC2CCC2)c1=O. The van der Waals surface area contributed by atoms with Gasteiger partial charge < -0.3 is 5.32 Å². The zero-order chi connectivity index (χ0) is 15.5. The van der Waals surface area contributed by atoms with Gasteiger partial charge in [0.25, 0.3) is 5.56 Å². The Morgan fingerprint density at radius 1 is 1.48 bits per heavy atom. The van der Waals surface area contributed by atoms with E-state index in [0.29, 0.717) is 31.1 Å². The number of sulfone groups is 1. The van der Waals surface area contributed by atoms with Gasteiger partial charge in [-0.1, -0.05) is 18.0 Å². The van der Waals surface area contributed by atoms with Crippen LogP contribution < -0.4 is 10.9 Å². The molecule has 1 aromatic rings. The first kappa shape index (κ1) is 16.3. The van der Waals surface area contributed by atoms with E-state index in [1.165, 1.54) is 23.6 Å². The summed E-state index contributed by atoms with van der Waals surface area (Å²) in [7, 11) is -2.99. The number of halogens is 1. The second-order valence-electron chi connectivity index (χ2n) is 5.56. The van der Waals surface area contributed by atoms with Crippen LogP contribution in [0.15, 0.2) is 11.0 Å². The van der Waals surface area contributed by atoms with Gasteiger partial charge in [-0.3, -0.25) is 4.79 Å². The molecule has 1 aliphatic rings. The molecule has 6 nitrogen and oxygen atoms in total. The minimum atomic E-state index is -2.99. The summed E-state index contributed by atoms with van der Waals surface area (Å²) in [5.74, 6) is 0.605. The van der Waals surface area contributed by atoms with Gasteiger partial charge in [-0.2, -0.15) is 5.10 Å². The molecule has 0 aromatic carbocycles. The van der Waals surface area contributed by atoms with Crippen molar-refractivity contribution < 1.29 is 8.42 Å². The van der Waals surface area contributed by atoms with Gasteiger partial charge in [0.2, 0.25) is 0 Å². The summed E-state index contributed by atoms with van der Waals surface area (Å²) in [4.78, 5) is 12.3. The van der Waals surface area contributed by atoms with Crippen LogP contribution in [0.3, 0.4) is 0 Å². The van der Waals surface area contributed by atoms with Crippen LogP contribution in [0.1, 0.15) is 25.7 Å². The summed E-state index contributed by atoms with van der Waals surface area (Å²) in [6.45, 7) is 1.00. The fourth-order valence-corrected chi connectivity index (χ4v) is 3.09. The Kier molecular flexibility index (Phi) is 5.27. The molecule has 0 atom stereocenters. The summed E-state index contributed by atoms with van der Waals surface area (Å²) in [6.07, 6.45) is 6.56. The highest BCUT2D eigenvalue weighted by Gasteiger charge is 2.20. The van der Waals surface area contributed by atoms with Crippen LogP contribution in [0.25, 0.3) is 0 Å². The van der Waals surface area contributed by atoms with Crippen molar-refractivity contribution in [3.05, 3.63) is 21.6 Å². The average molecular weight is 334 g/mol. The Morgan fingerprint density at radius 2 is 2.19 bits per heavy atom. The third-order valence-electron chi connectivity index (χ3n) is 3.65. The van der Waals surface area contributed by atoms with E-state index in [4.69, 9.17) is 11.6 Å². The Balaban J connectivity index is 2.00. The van der Waals surface area contributed by atoms with Gasteiger partial charge in [-0.05, 0) is 25.2 Å². The van der Waals surface area contributed by atoms with Crippen LogP contribution in [0.5, 0.6) is 0 Å². The molecule has 21 heavy (non-hydrogen) atoms. The molecule has 0 bridgehead atoms. The predicted octanol–water partition coefficient (Wildman–Crippen LogP) is 1.54. The summed E-state index contributed by atoms with van der Waals surface area (Å²) < 4.78 is 23.6. The lowest BCUT2D eigenvalue weighted by Gasteiger charge is -2.25. The standard InChI is InChI=1S/C13H20ClN3O3S/c1-21(19,20)7-3-6-15-12-11(14)8-16-17(13(12)18)9-10-4-2-5-10/h8,10,15H,2-7,9H2,1H3. The molecule has 0 aliphatic heterocycles. The van der Waals surface area contributed by atoms with E-state index in [2.05, 4.69) is 10.4 Å². The predicted molar refractivity (Wildman–Crippen MR) is 83.7 cm³/mol. The van der Waals surface area contributed by atoms with Crippen LogP contribution in [-0.2, 0) is 16.4 Å². The molecule has 118 valence electrons. The van der Waals surface area contributed by atoms with E-state index in [1.54, 1.807) is 0 Å². The van der Waals surface area contributed by atoms with E-state index in [9.17, 15) is 13.2 Å². The van der Waals surface area contributed by atoms with Gasteiger partial charge in [0.15, 0.2) is 0 Å². The maximum Gasteiger partial charge on any atom is 0.291 e. The van der Waals surface area contributed by atoms with Gasteiger partial charge in [0.05, 0.1) is 17.0 Å². The maximum absolute atomic E-state index is 12.3. The zero-order valence-electron chi connectivity index (χ0n) is 12.0. The molecule has 2 rings (SSSR count). The Labute approximate surface area is 129 Å². The lowest BCUT2D eigenvalue weighted by atomic mass is 9.85. The molecular formula is C13H20ClN3O3S. The van der Waals surface area contributed by atoms with E-state index < -0.39 is 9.84 Å². The summed E-state index contributed by atoms with van der Waals surface area (Å²) >= 11 is 6.00. The van der Waals surface area contributed by atoms with Gasteiger partial charge in [0.1, 0.15) is 15.5 Å². The smallest absolute Gasteiger partial charge is 0.291 e. The number of nitrogens with one attached hydrogen (secondary N) is 1. The number of rotatable bonds is 7. The van der Waals surface area contributed by atoms with E-state index in [-0.39, 0.29) is 16.3 Å². The van der Waals surface area contributed by atoms with Crippen LogP contribution in [0.2, 0.25) is 5.02 Å². The van der Waals surface area contributed by atoms with E-state index in [0.717, 1.165) is 12.8 Å². The fraction of sp³-hybridized carbons (Fsp3) is 0.692. The summed E-state index contributed by atoms with van der Waals surface area (Å²) in [5.41, 5.74) is 0.0632. The Hall–Kier alpha value is -1.08. The van der Waals surface area contributed by atoms with Crippen LogP contribution in [0, 0.1) is 5.92 Å². The summed E-state index contributed by atoms with van der Waals surface area (Å²) in [5, 5.41) is 7.27. The minimum Gasteiger partial charge on any atom is -0.379 e. The third kappa shape index (κ3) is 4.71. The highest BCUT2D eigenvalue weighted by Crippen LogP contribution is 2.27. The largest absolute Gasteiger partial charge is 0.379 e. The molecule has 1 fully saturated rings. The Morgan fingerprint density at radius 3 is 2.76 bits per heavy atom. The first-order chi connectivity index (χ1) is 9.87. The maximum atomic E-state index is 12.3. The first-order valence-electron chi connectivity index (χ1n) is 7.04. The van der Waals surface area contributed by atoms with Crippen LogP contribution in [-0.4, -0.2) is 36.8 Å². The van der Waals surface area contributed by atoms with Gasteiger partial charge >= 0.3 is 0 Å². The number of anilines is 1. The number of nitrogens with zero attached hydrogens (tertiary/aromatic N) is 2. The summed E-state index contributed by atoms with van der Waals surface area (Å²) in [6, 6.07) is 0. The van der Waals surface area contributed by atoms with E-state index >= 15 is 0 Å². The number of aromatic nitrogens is 2. The quantitative estimate of drug-likeness (QED) is 0.765. The lowest BCUT2D eigenvalue weighted by molar-refractivity contribution is 0.262. The second-order valence-corrected chi connectivity index (χ2v) is 8.23. The molecule has 0 unspecified atom stereocenters. The topological polar surface area (TPSA) is 81.1 Å².